The SMILES string of the molecule is COC(=O)N1CCC2(CCC(Nc3ncc4c(n3)n(C3CCCC3)c(=O)n4C)CC2)C1. The quantitative estimate of drug-likeness (QED) is 0.807. The fourth-order valence-corrected chi connectivity index (χ4v) is 5.88. The number of hydrogen-bond acceptors (Lipinski definition) is 6. The maximum atomic E-state index is 12.8. The third kappa shape index (κ3) is 3.57. The minimum Gasteiger partial charge on any atom is -0.453 e. The van der Waals surface area contributed by atoms with Crippen LogP contribution in [0.3, 0.4) is 0 Å². The van der Waals surface area contributed by atoms with Gasteiger partial charge in [-0.3, -0.25) is 9.13 Å². The van der Waals surface area contributed by atoms with E-state index in [1.165, 1.54) is 20.0 Å². The van der Waals surface area contributed by atoms with E-state index in [2.05, 4.69) is 10.3 Å². The van der Waals surface area contributed by atoms with Crippen LogP contribution >= 0.6 is 0 Å². The predicted molar refractivity (Wildman–Crippen MR) is 117 cm³/mol. The third-order valence-electron chi connectivity index (χ3n) is 7.77. The molecule has 0 atom stereocenters. The number of methoxy groups -OCH3 is 1. The molecule has 3 aliphatic rings. The molecule has 1 amide bonds. The number of likely N-dealkylation sites (tertiary alicyclic amines) is 1. The summed E-state index contributed by atoms with van der Waals surface area (Å²) in [5.41, 5.74) is 1.76. The number of anilines is 1. The van der Waals surface area contributed by atoms with Crippen LogP contribution in [0, 0.1) is 5.41 Å². The second-order valence-electron chi connectivity index (χ2n) is 9.61. The van der Waals surface area contributed by atoms with Crippen LogP contribution in [0.2, 0.25) is 0 Å². The zero-order valence-electron chi connectivity index (χ0n) is 18.5. The van der Waals surface area contributed by atoms with E-state index in [1.807, 2.05) is 9.47 Å². The Bertz CT molecular complexity index is 1030. The Hall–Kier alpha value is -2.58. The molecule has 168 valence electrons. The number of nitrogens with zero attached hydrogens (tertiary/aromatic N) is 5. The van der Waals surface area contributed by atoms with Crippen molar-refractivity contribution in [1.29, 1.82) is 0 Å². The van der Waals surface area contributed by atoms with E-state index >= 15 is 0 Å². The smallest absolute Gasteiger partial charge is 0.409 e. The van der Waals surface area contributed by atoms with Crippen LogP contribution in [0.5, 0.6) is 0 Å². The highest BCUT2D eigenvalue weighted by molar-refractivity contribution is 5.72. The van der Waals surface area contributed by atoms with Gasteiger partial charge >= 0.3 is 11.8 Å². The first-order valence-electron chi connectivity index (χ1n) is 11.5. The highest BCUT2D eigenvalue weighted by atomic mass is 16.5. The molecule has 0 aromatic carbocycles. The van der Waals surface area contributed by atoms with Crippen LogP contribution in [0.4, 0.5) is 10.7 Å². The lowest BCUT2D eigenvalue weighted by Crippen LogP contribution is -2.37. The summed E-state index contributed by atoms with van der Waals surface area (Å²) >= 11 is 0. The summed E-state index contributed by atoms with van der Waals surface area (Å²) in [6, 6.07) is 0.555. The molecule has 1 spiro atoms. The topological polar surface area (TPSA) is 94.3 Å². The summed E-state index contributed by atoms with van der Waals surface area (Å²) in [6.45, 7) is 1.59. The minimum absolute atomic E-state index is 0.00403. The standard InChI is InChI=1S/C22H32N6O3/c1-26-17-13-23-19(25-18(17)28(20(26)29)16-5-3-4-6-16)24-15-7-9-22(10-8-15)11-12-27(14-22)21(30)31-2/h13,15-16H,3-12,14H2,1-2H3,(H,23,24,25). The van der Waals surface area contributed by atoms with E-state index in [0.29, 0.717) is 12.0 Å². The monoisotopic (exact) mass is 428 g/mol. The molecule has 9 heteroatoms. The van der Waals surface area contributed by atoms with Crippen molar-refractivity contribution in [2.24, 2.45) is 12.5 Å². The molecule has 3 heterocycles. The Morgan fingerprint density at radius 2 is 1.94 bits per heavy atom. The van der Waals surface area contributed by atoms with Gasteiger partial charge in [0.1, 0.15) is 5.52 Å². The van der Waals surface area contributed by atoms with Gasteiger partial charge in [-0.05, 0) is 50.4 Å². The second-order valence-corrected chi connectivity index (χ2v) is 9.61. The van der Waals surface area contributed by atoms with Crippen molar-refractivity contribution >= 4 is 23.2 Å². The van der Waals surface area contributed by atoms with E-state index in [0.717, 1.165) is 69.2 Å². The van der Waals surface area contributed by atoms with E-state index in [9.17, 15) is 9.59 Å². The van der Waals surface area contributed by atoms with Crippen molar-refractivity contribution < 1.29 is 9.53 Å². The first-order chi connectivity index (χ1) is 15.0. The van der Waals surface area contributed by atoms with Gasteiger partial charge in [0.15, 0.2) is 5.65 Å². The van der Waals surface area contributed by atoms with Crippen molar-refractivity contribution in [2.45, 2.75) is 69.9 Å². The maximum absolute atomic E-state index is 12.8. The Kier molecular flexibility index (Phi) is 5.14. The number of carbonyl (C=O) groups excluding carboxylic acids is 1. The van der Waals surface area contributed by atoms with Gasteiger partial charge in [-0.25, -0.2) is 14.6 Å². The summed E-state index contributed by atoms with van der Waals surface area (Å²) in [6.07, 6.45) is 11.2. The van der Waals surface area contributed by atoms with Gasteiger partial charge in [-0.1, -0.05) is 12.8 Å². The number of carbonyl (C=O) groups is 1. The molecule has 31 heavy (non-hydrogen) atoms. The van der Waals surface area contributed by atoms with Crippen LogP contribution < -0.4 is 11.0 Å². The van der Waals surface area contributed by atoms with Crippen LogP contribution in [0.1, 0.15) is 63.8 Å². The van der Waals surface area contributed by atoms with Crippen LogP contribution in [0.25, 0.3) is 11.2 Å². The zero-order valence-corrected chi connectivity index (χ0v) is 18.5. The molecular formula is C22H32N6O3. The van der Waals surface area contributed by atoms with Gasteiger partial charge in [-0.2, -0.15) is 4.98 Å². The average molecular weight is 429 g/mol. The number of aryl methyl sites for hydroxylation is 1. The number of nitrogens with one attached hydrogen (secondary N) is 1. The van der Waals surface area contributed by atoms with E-state index < -0.39 is 0 Å². The largest absolute Gasteiger partial charge is 0.453 e. The number of ether oxygens (including phenoxy) is 1. The Balaban J connectivity index is 1.29. The fraction of sp³-hybridized carbons (Fsp3) is 0.727. The summed E-state index contributed by atoms with van der Waals surface area (Å²) < 4.78 is 8.43. The number of imidazole rings is 1. The molecular weight excluding hydrogens is 396 g/mol. The minimum atomic E-state index is -0.213. The fourth-order valence-electron chi connectivity index (χ4n) is 5.88. The number of fused-ring (bicyclic) bond motifs is 1. The van der Waals surface area contributed by atoms with Crippen molar-refractivity contribution in [3.63, 3.8) is 0 Å². The maximum Gasteiger partial charge on any atom is 0.409 e. The molecule has 5 rings (SSSR count). The Labute approximate surface area is 181 Å². The molecule has 0 unspecified atom stereocenters. The van der Waals surface area contributed by atoms with E-state index in [4.69, 9.17) is 9.72 Å². The molecule has 2 saturated carbocycles. The molecule has 1 aliphatic heterocycles. The van der Waals surface area contributed by atoms with Crippen molar-refractivity contribution in [3.8, 4) is 0 Å². The molecule has 1 saturated heterocycles. The molecule has 2 aromatic rings. The number of hydrogen-bond donors (Lipinski definition) is 1. The summed E-state index contributed by atoms with van der Waals surface area (Å²) in [4.78, 5) is 35.8. The molecule has 9 nitrogen and oxygen atoms in total. The first-order valence-corrected chi connectivity index (χ1v) is 11.5. The van der Waals surface area contributed by atoms with Crippen molar-refractivity contribution in [2.75, 3.05) is 25.5 Å². The number of amides is 1. The van der Waals surface area contributed by atoms with Crippen LogP contribution in [-0.4, -0.2) is 56.3 Å². The summed E-state index contributed by atoms with van der Waals surface area (Å²) in [5, 5.41) is 3.52. The first kappa shape index (κ1) is 20.3. The average Bonchev–Trinajstić information content (AvgIpc) is 3.50. The van der Waals surface area contributed by atoms with Gasteiger partial charge in [0.2, 0.25) is 5.95 Å². The lowest BCUT2D eigenvalue weighted by Gasteiger charge is -2.37. The zero-order chi connectivity index (χ0) is 21.6. The van der Waals surface area contributed by atoms with Gasteiger partial charge < -0.3 is 15.0 Å². The molecule has 2 aliphatic carbocycles. The normalized spacial score (nSPS) is 26.8. The number of aromatic nitrogens is 4. The van der Waals surface area contributed by atoms with Crippen LogP contribution in [0.15, 0.2) is 11.0 Å². The van der Waals surface area contributed by atoms with Gasteiger partial charge in [0, 0.05) is 32.2 Å². The Morgan fingerprint density at radius 1 is 1.19 bits per heavy atom. The highest BCUT2D eigenvalue weighted by Gasteiger charge is 2.42. The van der Waals surface area contributed by atoms with Gasteiger partial charge in [-0.15, -0.1) is 0 Å². The van der Waals surface area contributed by atoms with Gasteiger partial charge in [0.05, 0.1) is 13.3 Å². The lowest BCUT2D eigenvalue weighted by atomic mass is 9.72. The number of rotatable bonds is 3. The molecule has 0 radical (unpaired) electrons. The second kappa shape index (κ2) is 7.84. The predicted octanol–water partition coefficient (Wildman–Crippen LogP) is 3.06. The molecule has 1 N–H and O–H groups in total. The molecule has 3 fully saturated rings. The lowest BCUT2D eigenvalue weighted by molar-refractivity contribution is 0.120. The van der Waals surface area contributed by atoms with Crippen molar-refractivity contribution in [1.82, 2.24) is 24.0 Å². The van der Waals surface area contributed by atoms with E-state index in [-0.39, 0.29) is 23.2 Å². The summed E-state index contributed by atoms with van der Waals surface area (Å²) in [5.74, 6) is 0.605. The highest BCUT2D eigenvalue weighted by Crippen LogP contribution is 2.44. The van der Waals surface area contributed by atoms with Crippen molar-refractivity contribution in [3.05, 3.63) is 16.7 Å². The molecule has 0 bridgehead atoms. The third-order valence-corrected chi connectivity index (χ3v) is 7.77. The molecule has 2 aromatic heterocycles. The van der Waals surface area contributed by atoms with E-state index in [1.54, 1.807) is 17.8 Å². The summed E-state index contributed by atoms with van der Waals surface area (Å²) in [7, 11) is 3.25. The Morgan fingerprint density at radius 3 is 2.65 bits per heavy atom. The van der Waals surface area contributed by atoms with Crippen LogP contribution in [-0.2, 0) is 11.8 Å². The van der Waals surface area contributed by atoms with Gasteiger partial charge in [0.25, 0.3) is 0 Å².